The van der Waals surface area contributed by atoms with Crippen LogP contribution in [0.3, 0.4) is 0 Å². The van der Waals surface area contributed by atoms with Crippen LogP contribution < -0.4 is 5.32 Å². The highest BCUT2D eigenvalue weighted by Crippen LogP contribution is 2.11. The largest absolute Gasteiger partial charge is 0.458 e. The fourth-order valence-electron chi connectivity index (χ4n) is 1.64. The van der Waals surface area contributed by atoms with E-state index in [0.717, 1.165) is 18.5 Å². The normalized spacial score (nSPS) is 12.2. The minimum absolute atomic E-state index is 0.106. The van der Waals surface area contributed by atoms with E-state index in [2.05, 4.69) is 12.2 Å². The molecule has 0 radical (unpaired) electrons. The average molecular weight is 249 g/mol. The summed E-state index contributed by atoms with van der Waals surface area (Å²) in [6.45, 7) is 9.69. The quantitative estimate of drug-likeness (QED) is 0.622. The Balaban J connectivity index is 2.51. The molecule has 0 aromatic heterocycles. The van der Waals surface area contributed by atoms with Gasteiger partial charge in [0.15, 0.2) is 0 Å². The van der Waals surface area contributed by atoms with Crippen LogP contribution in [-0.2, 0) is 4.74 Å². The molecule has 1 rings (SSSR count). The molecule has 0 fully saturated rings. The molecule has 3 heteroatoms. The fraction of sp³-hybridized carbons (Fsp3) is 0.533. The van der Waals surface area contributed by atoms with Gasteiger partial charge in [0.25, 0.3) is 0 Å². The summed E-state index contributed by atoms with van der Waals surface area (Å²) in [6.07, 6.45) is 0.975. The van der Waals surface area contributed by atoms with Gasteiger partial charge in [0, 0.05) is 6.54 Å². The lowest BCUT2D eigenvalue weighted by molar-refractivity contribution is 0.0343. The Kier molecular flexibility index (Phi) is 5.86. The summed E-state index contributed by atoms with van der Waals surface area (Å²) in [5.41, 5.74) is 2.92. The maximum Gasteiger partial charge on any atom is 0.338 e. The molecule has 0 aliphatic rings. The number of benzene rings is 1. The molecule has 0 heterocycles. The van der Waals surface area contributed by atoms with Crippen LogP contribution in [0.5, 0.6) is 0 Å². The fourth-order valence-corrected chi connectivity index (χ4v) is 1.64. The lowest BCUT2D eigenvalue weighted by Gasteiger charge is -2.14. The van der Waals surface area contributed by atoms with Crippen LogP contribution in [0, 0.1) is 13.8 Å². The standard InChI is InChI=1S/C15H23NO2/c1-5-8-16-10-13(4)18-15(17)14-7-6-11(2)12(3)9-14/h6-7,9,13,16H,5,8,10H2,1-4H3. The zero-order valence-electron chi connectivity index (χ0n) is 11.7. The highest BCUT2D eigenvalue weighted by molar-refractivity contribution is 5.89. The molecule has 18 heavy (non-hydrogen) atoms. The number of rotatable bonds is 6. The Morgan fingerprint density at radius 2 is 2.06 bits per heavy atom. The number of carbonyl (C=O) groups is 1. The monoisotopic (exact) mass is 249 g/mol. The van der Waals surface area contributed by atoms with Crippen molar-refractivity contribution in [1.82, 2.24) is 5.32 Å². The van der Waals surface area contributed by atoms with Crippen LogP contribution in [0.15, 0.2) is 18.2 Å². The zero-order valence-corrected chi connectivity index (χ0v) is 11.7. The number of ether oxygens (including phenoxy) is 1. The van der Waals surface area contributed by atoms with Crippen molar-refractivity contribution in [2.75, 3.05) is 13.1 Å². The first-order valence-electron chi connectivity index (χ1n) is 6.53. The number of esters is 1. The average Bonchev–Trinajstić information content (AvgIpc) is 2.33. The molecule has 0 spiro atoms. The molecule has 1 unspecified atom stereocenters. The highest BCUT2D eigenvalue weighted by Gasteiger charge is 2.12. The zero-order chi connectivity index (χ0) is 13.5. The van der Waals surface area contributed by atoms with Crippen molar-refractivity contribution in [2.24, 2.45) is 0 Å². The molecule has 0 amide bonds. The molecule has 0 aliphatic heterocycles. The Morgan fingerprint density at radius 1 is 1.33 bits per heavy atom. The molecule has 1 aromatic carbocycles. The van der Waals surface area contributed by atoms with E-state index >= 15 is 0 Å². The Bertz CT molecular complexity index is 401. The summed E-state index contributed by atoms with van der Waals surface area (Å²) in [4.78, 5) is 11.9. The summed E-state index contributed by atoms with van der Waals surface area (Å²) in [6, 6.07) is 5.65. The van der Waals surface area contributed by atoms with E-state index in [1.807, 2.05) is 39.0 Å². The first kappa shape index (κ1) is 14.7. The molecule has 1 N–H and O–H groups in total. The lowest BCUT2D eigenvalue weighted by Crippen LogP contribution is -2.29. The minimum Gasteiger partial charge on any atom is -0.458 e. The summed E-state index contributed by atoms with van der Waals surface area (Å²) in [5.74, 6) is -0.246. The van der Waals surface area contributed by atoms with E-state index in [1.54, 1.807) is 0 Å². The number of hydrogen-bond acceptors (Lipinski definition) is 3. The van der Waals surface area contributed by atoms with Crippen LogP contribution in [0.25, 0.3) is 0 Å². The van der Waals surface area contributed by atoms with Gasteiger partial charge in [-0.15, -0.1) is 0 Å². The van der Waals surface area contributed by atoms with Crippen molar-refractivity contribution in [3.8, 4) is 0 Å². The van der Waals surface area contributed by atoms with Crippen molar-refractivity contribution < 1.29 is 9.53 Å². The summed E-state index contributed by atoms with van der Waals surface area (Å²) >= 11 is 0. The van der Waals surface area contributed by atoms with Crippen molar-refractivity contribution in [2.45, 2.75) is 40.2 Å². The molecule has 1 atom stereocenters. The smallest absolute Gasteiger partial charge is 0.338 e. The Morgan fingerprint density at radius 3 is 2.67 bits per heavy atom. The van der Waals surface area contributed by atoms with Gasteiger partial charge in [0.1, 0.15) is 6.10 Å². The summed E-state index contributed by atoms with van der Waals surface area (Å²) in [5, 5.41) is 3.23. The van der Waals surface area contributed by atoms with Crippen LogP contribution in [0.4, 0.5) is 0 Å². The van der Waals surface area contributed by atoms with Crippen LogP contribution >= 0.6 is 0 Å². The molecule has 0 aliphatic carbocycles. The van der Waals surface area contributed by atoms with Crippen molar-refractivity contribution >= 4 is 5.97 Å². The van der Waals surface area contributed by atoms with E-state index < -0.39 is 0 Å². The van der Waals surface area contributed by atoms with Gasteiger partial charge in [-0.25, -0.2) is 4.79 Å². The van der Waals surface area contributed by atoms with Crippen molar-refractivity contribution in [1.29, 1.82) is 0 Å². The van der Waals surface area contributed by atoms with Gasteiger partial charge in [0.05, 0.1) is 5.56 Å². The molecular weight excluding hydrogens is 226 g/mol. The van der Waals surface area contributed by atoms with Crippen LogP contribution in [0.1, 0.15) is 41.8 Å². The van der Waals surface area contributed by atoms with Crippen LogP contribution in [-0.4, -0.2) is 25.2 Å². The van der Waals surface area contributed by atoms with Gasteiger partial charge in [-0.1, -0.05) is 13.0 Å². The van der Waals surface area contributed by atoms with E-state index in [9.17, 15) is 4.79 Å². The first-order chi connectivity index (χ1) is 8.54. The van der Waals surface area contributed by atoms with E-state index in [1.165, 1.54) is 5.56 Å². The molecular formula is C15H23NO2. The van der Waals surface area contributed by atoms with E-state index in [4.69, 9.17) is 4.74 Å². The van der Waals surface area contributed by atoms with Crippen LogP contribution in [0.2, 0.25) is 0 Å². The van der Waals surface area contributed by atoms with Crippen molar-refractivity contribution in [3.05, 3.63) is 34.9 Å². The number of hydrogen-bond donors (Lipinski definition) is 1. The van der Waals surface area contributed by atoms with Gasteiger partial charge in [-0.2, -0.15) is 0 Å². The third-order valence-corrected chi connectivity index (χ3v) is 2.91. The minimum atomic E-state index is -0.246. The summed E-state index contributed by atoms with van der Waals surface area (Å²) < 4.78 is 5.38. The predicted octanol–water partition coefficient (Wildman–Crippen LogP) is 2.85. The van der Waals surface area contributed by atoms with Gasteiger partial charge >= 0.3 is 5.97 Å². The second kappa shape index (κ2) is 7.17. The van der Waals surface area contributed by atoms with E-state index in [-0.39, 0.29) is 12.1 Å². The third kappa shape index (κ3) is 4.49. The lowest BCUT2D eigenvalue weighted by atomic mass is 10.1. The molecule has 100 valence electrons. The molecule has 0 bridgehead atoms. The summed E-state index contributed by atoms with van der Waals surface area (Å²) in [7, 11) is 0. The van der Waals surface area contributed by atoms with Gasteiger partial charge in [-0.3, -0.25) is 0 Å². The maximum atomic E-state index is 11.9. The SMILES string of the molecule is CCCNCC(C)OC(=O)c1ccc(C)c(C)c1. The van der Waals surface area contributed by atoms with Gasteiger partial charge in [0.2, 0.25) is 0 Å². The third-order valence-electron chi connectivity index (χ3n) is 2.91. The van der Waals surface area contributed by atoms with E-state index in [0.29, 0.717) is 12.1 Å². The predicted molar refractivity (Wildman–Crippen MR) is 74.0 cm³/mol. The Hall–Kier alpha value is -1.35. The maximum absolute atomic E-state index is 11.9. The molecule has 3 nitrogen and oxygen atoms in total. The first-order valence-corrected chi connectivity index (χ1v) is 6.53. The number of carbonyl (C=O) groups excluding carboxylic acids is 1. The van der Waals surface area contributed by atoms with Gasteiger partial charge < -0.3 is 10.1 Å². The second-order valence-electron chi connectivity index (χ2n) is 4.72. The van der Waals surface area contributed by atoms with Crippen molar-refractivity contribution in [3.63, 3.8) is 0 Å². The number of aryl methyl sites for hydroxylation is 2. The Labute approximate surface area is 110 Å². The molecule has 1 aromatic rings. The number of nitrogens with one attached hydrogen (secondary N) is 1. The molecule has 0 saturated heterocycles. The second-order valence-corrected chi connectivity index (χ2v) is 4.72. The van der Waals surface area contributed by atoms with Gasteiger partial charge in [-0.05, 0) is 57.0 Å². The molecule has 0 saturated carbocycles. The highest BCUT2D eigenvalue weighted by atomic mass is 16.5. The topological polar surface area (TPSA) is 38.3 Å².